The number of allylic oxidation sites excluding steroid dienone is 2. The highest BCUT2D eigenvalue weighted by atomic mass is 32.2. The maximum Gasteiger partial charge on any atom is 0.257 e. The molecule has 0 radical (unpaired) electrons. The summed E-state index contributed by atoms with van der Waals surface area (Å²) < 4.78 is 5.37. The number of methoxy groups -OCH3 is 1. The first-order valence-electron chi connectivity index (χ1n) is 9.46. The summed E-state index contributed by atoms with van der Waals surface area (Å²) in [4.78, 5) is 33.5. The number of Topliss-reactive ketones (excluding diaryl/α,β-unsaturated/α-hetero) is 1. The van der Waals surface area contributed by atoms with Crippen LogP contribution in [0.5, 0.6) is 5.75 Å². The van der Waals surface area contributed by atoms with Crippen molar-refractivity contribution in [1.29, 1.82) is 0 Å². The number of ketones is 1. The Labute approximate surface area is 167 Å². The molecule has 2 aliphatic rings. The van der Waals surface area contributed by atoms with E-state index >= 15 is 0 Å². The largest absolute Gasteiger partial charge is 0.497 e. The molecule has 1 aliphatic heterocycles. The van der Waals surface area contributed by atoms with E-state index in [0.717, 1.165) is 24.1 Å². The summed E-state index contributed by atoms with van der Waals surface area (Å²) in [7, 11) is 1.61. The van der Waals surface area contributed by atoms with E-state index in [4.69, 9.17) is 4.74 Å². The fourth-order valence-corrected chi connectivity index (χ4v) is 4.62. The smallest absolute Gasteiger partial charge is 0.257 e. The van der Waals surface area contributed by atoms with Crippen LogP contribution in [0.25, 0.3) is 0 Å². The van der Waals surface area contributed by atoms with E-state index in [0.29, 0.717) is 39.5 Å². The number of carbonyl (C=O) groups excluding carboxylic acids is 1. The number of anilines is 1. The number of ether oxygens (including phenoxy) is 1. The molecule has 1 aromatic heterocycles. The van der Waals surface area contributed by atoms with Crippen LogP contribution < -0.4 is 15.6 Å². The molecular formula is C21H23N3O3S. The van der Waals surface area contributed by atoms with Crippen LogP contribution in [0.15, 0.2) is 45.5 Å². The molecule has 1 aromatic carbocycles. The number of thioether (sulfide) groups is 1. The van der Waals surface area contributed by atoms with E-state index in [1.165, 1.54) is 11.8 Å². The van der Waals surface area contributed by atoms with Crippen LogP contribution in [-0.4, -0.2) is 28.1 Å². The van der Waals surface area contributed by atoms with Crippen LogP contribution >= 0.6 is 11.8 Å². The minimum atomic E-state index is -0.441. The lowest BCUT2D eigenvalue weighted by molar-refractivity contribution is -0.116. The monoisotopic (exact) mass is 397 g/mol. The molecule has 7 heteroatoms. The number of carbonyl (C=O) groups is 1. The first kappa shape index (κ1) is 18.8. The predicted molar refractivity (Wildman–Crippen MR) is 110 cm³/mol. The van der Waals surface area contributed by atoms with E-state index in [1.807, 2.05) is 24.3 Å². The quantitative estimate of drug-likeness (QED) is 0.602. The zero-order valence-corrected chi connectivity index (χ0v) is 17.0. The number of aromatic nitrogens is 2. The maximum atomic E-state index is 13.1. The third-order valence-electron chi connectivity index (χ3n) is 5.01. The number of fused-ring (bicyclic) bond motifs is 1. The van der Waals surface area contributed by atoms with Gasteiger partial charge >= 0.3 is 0 Å². The summed E-state index contributed by atoms with van der Waals surface area (Å²) in [6.45, 7) is 4.11. The zero-order valence-electron chi connectivity index (χ0n) is 16.2. The second kappa shape index (κ2) is 7.47. The Balaban J connectivity index is 1.92. The molecule has 0 spiro atoms. The molecule has 0 saturated heterocycles. The van der Waals surface area contributed by atoms with Gasteiger partial charge in [-0.05, 0) is 30.5 Å². The van der Waals surface area contributed by atoms with Crippen molar-refractivity contribution in [2.75, 3.05) is 12.4 Å². The molecule has 1 atom stereocenters. The minimum Gasteiger partial charge on any atom is -0.497 e. The van der Waals surface area contributed by atoms with Gasteiger partial charge < -0.3 is 15.0 Å². The van der Waals surface area contributed by atoms with Crippen molar-refractivity contribution in [1.82, 2.24) is 9.97 Å². The van der Waals surface area contributed by atoms with Crippen LogP contribution in [-0.2, 0) is 4.79 Å². The number of benzene rings is 1. The maximum absolute atomic E-state index is 13.1. The van der Waals surface area contributed by atoms with Gasteiger partial charge in [0.1, 0.15) is 11.6 Å². The van der Waals surface area contributed by atoms with Crippen molar-refractivity contribution in [2.45, 2.75) is 49.4 Å². The number of rotatable bonds is 4. The lowest BCUT2D eigenvalue weighted by Gasteiger charge is -2.33. The molecule has 0 fully saturated rings. The number of hydrogen-bond acceptors (Lipinski definition) is 6. The van der Waals surface area contributed by atoms with Crippen molar-refractivity contribution in [3.63, 3.8) is 0 Å². The highest BCUT2D eigenvalue weighted by Crippen LogP contribution is 2.44. The van der Waals surface area contributed by atoms with Gasteiger partial charge in [-0.1, -0.05) is 37.7 Å². The first-order chi connectivity index (χ1) is 13.5. The molecule has 1 aliphatic carbocycles. The molecule has 0 bridgehead atoms. The predicted octanol–water partition coefficient (Wildman–Crippen LogP) is 3.84. The molecule has 146 valence electrons. The average molecular weight is 398 g/mol. The van der Waals surface area contributed by atoms with Crippen molar-refractivity contribution in [3.8, 4) is 5.75 Å². The van der Waals surface area contributed by atoms with Crippen molar-refractivity contribution >= 4 is 23.4 Å². The summed E-state index contributed by atoms with van der Waals surface area (Å²) in [6.07, 6.45) is 2.09. The van der Waals surface area contributed by atoms with Crippen molar-refractivity contribution in [3.05, 3.63) is 57.0 Å². The lowest BCUT2D eigenvalue weighted by atomic mass is 9.76. The number of aromatic amines is 1. The van der Waals surface area contributed by atoms with Crippen LogP contribution in [0.3, 0.4) is 0 Å². The second-order valence-corrected chi connectivity index (χ2v) is 8.87. The van der Waals surface area contributed by atoms with Gasteiger partial charge in [-0.3, -0.25) is 9.59 Å². The van der Waals surface area contributed by atoms with E-state index in [2.05, 4.69) is 29.1 Å². The van der Waals surface area contributed by atoms with Gasteiger partial charge in [0, 0.05) is 28.9 Å². The average Bonchev–Trinajstić information content (AvgIpc) is 2.66. The van der Waals surface area contributed by atoms with E-state index in [1.54, 1.807) is 7.11 Å². The van der Waals surface area contributed by atoms with E-state index < -0.39 is 5.92 Å². The summed E-state index contributed by atoms with van der Waals surface area (Å²) in [5.74, 6) is 0.892. The Morgan fingerprint density at radius 2 is 2.07 bits per heavy atom. The highest BCUT2D eigenvalue weighted by molar-refractivity contribution is 7.99. The van der Waals surface area contributed by atoms with Gasteiger partial charge in [0.25, 0.3) is 5.56 Å². The molecule has 6 nitrogen and oxygen atoms in total. The van der Waals surface area contributed by atoms with Gasteiger partial charge in [0.05, 0.1) is 12.7 Å². The molecule has 2 heterocycles. The summed E-state index contributed by atoms with van der Waals surface area (Å²) in [5, 5.41) is 4.18. The SMILES string of the molecule is COc1cccc([C@H]2C3=C(CCCC3=O)Nc3nc(SC(C)C)[nH]c(=O)c32)c1. The minimum absolute atomic E-state index is 0.0900. The Kier molecular flexibility index (Phi) is 5.02. The Morgan fingerprint density at radius 1 is 1.25 bits per heavy atom. The van der Waals surface area contributed by atoms with E-state index in [9.17, 15) is 9.59 Å². The number of hydrogen-bond donors (Lipinski definition) is 2. The van der Waals surface area contributed by atoms with Gasteiger partial charge in [-0.2, -0.15) is 0 Å². The number of nitrogens with zero attached hydrogens (tertiary/aromatic N) is 1. The molecule has 0 amide bonds. The van der Waals surface area contributed by atoms with Crippen molar-refractivity contribution in [2.24, 2.45) is 0 Å². The van der Waals surface area contributed by atoms with Crippen LogP contribution in [0, 0.1) is 0 Å². The summed E-state index contributed by atoms with van der Waals surface area (Å²) in [6, 6.07) is 7.57. The zero-order chi connectivity index (χ0) is 19.8. The Morgan fingerprint density at radius 3 is 2.82 bits per heavy atom. The second-order valence-electron chi connectivity index (χ2n) is 7.30. The number of nitrogens with one attached hydrogen (secondary N) is 2. The molecule has 2 aromatic rings. The van der Waals surface area contributed by atoms with Gasteiger partial charge in [-0.15, -0.1) is 0 Å². The Hall–Kier alpha value is -2.54. The third kappa shape index (κ3) is 3.35. The first-order valence-corrected chi connectivity index (χ1v) is 10.3. The normalized spacial score (nSPS) is 18.6. The molecule has 28 heavy (non-hydrogen) atoms. The standard InChI is InChI=1S/C21H23N3O3S/c1-11(2)28-21-23-19-18(20(26)24-21)16(12-6-4-7-13(10-12)27-3)17-14(22-19)8-5-9-15(17)25/h4,6-7,10-11,16H,5,8-9H2,1-3H3,(H2,22,23,24,26)/t16-/m0/s1. The van der Waals surface area contributed by atoms with Crippen LogP contribution in [0.1, 0.15) is 50.2 Å². The lowest BCUT2D eigenvalue weighted by Crippen LogP contribution is -2.32. The van der Waals surface area contributed by atoms with Gasteiger partial charge in [0.15, 0.2) is 10.9 Å². The van der Waals surface area contributed by atoms with Crippen molar-refractivity contribution < 1.29 is 9.53 Å². The van der Waals surface area contributed by atoms with Gasteiger partial charge in [-0.25, -0.2) is 4.98 Å². The summed E-state index contributed by atoms with van der Waals surface area (Å²) in [5.41, 5.74) is 2.72. The fourth-order valence-electron chi connectivity index (χ4n) is 3.87. The van der Waals surface area contributed by atoms with Crippen LogP contribution in [0.4, 0.5) is 5.82 Å². The molecule has 0 unspecified atom stereocenters. The number of H-pyrrole nitrogens is 1. The molecule has 4 rings (SSSR count). The third-order valence-corrected chi connectivity index (χ3v) is 5.90. The topological polar surface area (TPSA) is 84.1 Å². The molecule has 0 saturated carbocycles. The fraction of sp³-hybridized carbons (Fsp3) is 0.381. The van der Waals surface area contributed by atoms with Crippen LogP contribution in [0.2, 0.25) is 0 Å². The van der Waals surface area contributed by atoms with E-state index in [-0.39, 0.29) is 11.3 Å². The molecular weight excluding hydrogens is 374 g/mol. The summed E-state index contributed by atoms with van der Waals surface area (Å²) >= 11 is 1.51. The highest BCUT2D eigenvalue weighted by Gasteiger charge is 2.38. The molecule has 2 N–H and O–H groups in total. The Bertz CT molecular complexity index is 1030. The van der Waals surface area contributed by atoms with Gasteiger partial charge in [0.2, 0.25) is 0 Å².